The van der Waals surface area contributed by atoms with Crippen molar-refractivity contribution < 1.29 is 18.0 Å². The lowest BCUT2D eigenvalue weighted by Gasteiger charge is -2.22. The third kappa shape index (κ3) is 6.37. The summed E-state index contributed by atoms with van der Waals surface area (Å²) in [5, 5.41) is 15.0. The van der Waals surface area contributed by atoms with Crippen molar-refractivity contribution >= 4 is 33.7 Å². The first-order valence-corrected chi connectivity index (χ1v) is 13.4. The summed E-state index contributed by atoms with van der Waals surface area (Å²) in [5.41, 5.74) is 0.802. The van der Waals surface area contributed by atoms with Crippen LogP contribution in [0.3, 0.4) is 0 Å². The van der Waals surface area contributed by atoms with Gasteiger partial charge in [-0.15, -0.1) is 11.8 Å². The zero-order valence-corrected chi connectivity index (χ0v) is 19.7. The van der Waals surface area contributed by atoms with E-state index in [2.05, 4.69) is 21.4 Å². The Bertz CT molecular complexity index is 955. The number of carbonyl (C=O) groups is 2. The summed E-state index contributed by atoms with van der Waals surface area (Å²) in [6.45, 7) is 1.95. The van der Waals surface area contributed by atoms with Crippen LogP contribution in [0.1, 0.15) is 50.6 Å². The van der Waals surface area contributed by atoms with Gasteiger partial charge in [0.15, 0.2) is 0 Å². The van der Waals surface area contributed by atoms with Crippen molar-refractivity contribution in [1.29, 1.82) is 5.26 Å². The molecule has 1 saturated carbocycles. The number of nitrogens with zero attached hydrogens (tertiary/aromatic N) is 2. The lowest BCUT2D eigenvalue weighted by atomic mass is 9.96. The van der Waals surface area contributed by atoms with Gasteiger partial charge in [0.1, 0.15) is 6.04 Å². The fourth-order valence-corrected chi connectivity index (χ4v) is 5.85. The van der Waals surface area contributed by atoms with E-state index in [9.17, 15) is 18.0 Å². The molecule has 32 heavy (non-hydrogen) atoms. The van der Waals surface area contributed by atoms with Crippen molar-refractivity contribution in [2.24, 2.45) is 0 Å². The molecular formula is C21H29N5O4S2. The number of hydrogen-bond donors (Lipinski definition) is 3. The molecule has 1 saturated heterocycles. The van der Waals surface area contributed by atoms with Crippen LogP contribution in [0.25, 0.3) is 0 Å². The van der Waals surface area contributed by atoms with E-state index in [4.69, 9.17) is 5.26 Å². The van der Waals surface area contributed by atoms with E-state index in [1.807, 2.05) is 6.92 Å². The number of rotatable bonds is 7. The molecule has 3 amide bonds. The molecule has 2 aliphatic rings. The van der Waals surface area contributed by atoms with Gasteiger partial charge in [-0.3, -0.25) is 4.79 Å². The van der Waals surface area contributed by atoms with E-state index < -0.39 is 22.1 Å². The second-order valence-electron chi connectivity index (χ2n) is 8.09. The molecule has 0 aromatic heterocycles. The fraction of sp³-hybridized carbons (Fsp3) is 0.571. The Kier molecular flexibility index (Phi) is 8.39. The third-order valence-electron chi connectivity index (χ3n) is 5.77. The minimum Gasteiger partial charge on any atom is -0.335 e. The van der Waals surface area contributed by atoms with Crippen LogP contribution in [0.5, 0.6) is 0 Å². The van der Waals surface area contributed by atoms with Gasteiger partial charge in [-0.1, -0.05) is 31.4 Å². The van der Waals surface area contributed by atoms with Gasteiger partial charge >= 0.3 is 6.03 Å². The standard InChI is InChI=1S/C21H29N5O4S2/c1-15(23-12-20(27)26-14-31-13-18(26)11-22)16-7-9-19(10-8-16)32(29,30)25-21(28)24-17-5-3-2-4-6-17/h7-10,15,17-18,23H,2-6,12-14H2,1H3,(H2,24,25,28)/t15?,18-/m1/s1. The highest BCUT2D eigenvalue weighted by Gasteiger charge is 2.29. The molecule has 11 heteroatoms. The van der Waals surface area contributed by atoms with Crippen LogP contribution in [-0.4, -0.2) is 55.5 Å². The van der Waals surface area contributed by atoms with Crippen LogP contribution in [0.2, 0.25) is 0 Å². The molecule has 1 aliphatic heterocycles. The van der Waals surface area contributed by atoms with Crippen molar-refractivity contribution in [2.45, 2.75) is 62.0 Å². The first-order chi connectivity index (χ1) is 15.3. The molecule has 174 valence electrons. The molecule has 3 N–H and O–H groups in total. The number of thioether (sulfide) groups is 1. The van der Waals surface area contributed by atoms with Gasteiger partial charge in [-0.25, -0.2) is 17.9 Å². The molecule has 0 spiro atoms. The Hall–Kier alpha value is -2.29. The largest absolute Gasteiger partial charge is 0.335 e. The monoisotopic (exact) mass is 479 g/mol. The van der Waals surface area contributed by atoms with Gasteiger partial charge in [0.05, 0.1) is 23.4 Å². The summed E-state index contributed by atoms with van der Waals surface area (Å²) < 4.78 is 27.1. The van der Waals surface area contributed by atoms with E-state index in [1.54, 1.807) is 28.8 Å². The van der Waals surface area contributed by atoms with Crippen LogP contribution >= 0.6 is 11.8 Å². The smallest absolute Gasteiger partial charge is 0.328 e. The van der Waals surface area contributed by atoms with Crippen LogP contribution in [-0.2, 0) is 14.8 Å². The molecule has 1 aromatic rings. The zero-order chi connectivity index (χ0) is 23.1. The normalized spacial score (nSPS) is 20.4. The Labute approximate surface area is 193 Å². The van der Waals surface area contributed by atoms with E-state index >= 15 is 0 Å². The van der Waals surface area contributed by atoms with Gasteiger partial charge in [-0.2, -0.15) is 5.26 Å². The second kappa shape index (κ2) is 11.0. The van der Waals surface area contributed by atoms with Crippen molar-refractivity contribution in [1.82, 2.24) is 20.3 Å². The maximum atomic E-state index is 12.5. The van der Waals surface area contributed by atoms with Crippen molar-refractivity contribution in [3.8, 4) is 6.07 Å². The first-order valence-electron chi connectivity index (χ1n) is 10.7. The van der Waals surface area contributed by atoms with Gasteiger partial charge in [0.25, 0.3) is 10.0 Å². The minimum atomic E-state index is -3.97. The Morgan fingerprint density at radius 3 is 2.56 bits per heavy atom. The van der Waals surface area contributed by atoms with Gasteiger partial charge in [0, 0.05) is 17.8 Å². The fourth-order valence-electron chi connectivity index (χ4n) is 3.83. The number of nitrogens with one attached hydrogen (secondary N) is 3. The number of hydrogen-bond acceptors (Lipinski definition) is 7. The number of benzene rings is 1. The van der Waals surface area contributed by atoms with E-state index in [0.29, 0.717) is 11.6 Å². The molecule has 3 rings (SSSR count). The van der Waals surface area contributed by atoms with Crippen molar-refractivity contribution in [2.75, 3.05) is 18.2 Å². The lowest BCUT2D eigenvalue weighted by Crippen LogP contribution is -2.45. The minimum absolute atomic E-state index is 0.00530. The SMILES string of the molecule is CC(NCC(=O)N1CSC[C@H]1C#N)c1ccc(S(=O)(=O)NC(=O)NC2CCCCC2)cc1. The molecular weight excluding hydrogens is 450 g/mol. The van der Waals surface area contributed by atoms with E-state index in [0.717, 1.165) is 37.7 Å². The highest BCUT2D eigenvalue weighted by Crippen LogP contribution is 2.21. The summed E-state index contributed by atoms with van der Waals surface area (Å²) in [6, 6.07) is 7.04. The topological polar surface area (TPSA) is 131 Å². The van der Waals surface area contributed by atoms with Crippen LogP contribution in [0, 0.1) is 11.3 Å². The van der Waals surface area contributed by atoms with Crippen LogP contribution < -0.4 is 15.4 Å². The molecule has 1 aliphatic carbocycles. The summed E-state index contributed by atoms with van der Waals surface area (Å²) in [7, 11) is -3.97. The maximum Gasteiger partial charge on any atom is 0.328 e. The second-order valence-corrected chi connectivity index (χ2v) is 10.8. The summed E-state index contributed by atoms with van der Waals surface area (Å²) >= 11 is 1.55. The molecule has 1 unspecified atom stereocenters. The molecule has 1 aromatic carbocycles. The van der Waals surface area contributed by atoms with Crippen LogP contribution in [0.15, 0.2) is 29.2 Å². The molecule has 2 atom stereocenters. The quantitative estimate of drug-likeness (QED) is 0.546. The predicted octanol–water partition coefficient (Wildman–Crippen LogP) is 2.08. The summed E-state index contributed by atoms with van der Waals surface area (Å²) in [6.07, 6.45) is 4.94. The lowest BCUT2D eigenvalue weighted by molar-refractivity contribution is -0.129. The molecule has 0 radical (unpaired) electrons. The number of sulfonamides is 1. The zero-order valence-electron chi connectivity index (χ0n) is 18.0. The van der Waals surface area contributed by atoms with E-state index in [-0.39, 0.29) is 29.4 Å². The Balaban J connectivity index is 1.52. The predicted molar refractivity (Wildman–Crippen MR) is 122 cm³/mol. The van der Waals surface area contributed by atoms with Gasteiger partial charge in [-0.05, 0) is 37.5 Å². The van der Waals surface area contributed by atoms with E-state index in [1.165, 1.54) is 12.1 Å². The molecule has 9 nitrogen and oxygen atoms in total. The molecule has 2 fully saturated rings. The summed E-state index contributed by atoms with van der Waals surface area (Å²) in [4.78, 5) is 26.0. The maximum absolute atomic E-state index is 12.5. The van der Waals surface area contributed by atoms with Gasteiger partial charge in [0.2, 0.25) is 5.91 Å². The summed E-state index contributed by atoms with van der Waals surface area (Å²) in [5.74, 6) is 1.00. The van der Waals surface area contributed by atoms with Gasteiger partial charge < -0.3 is 15.5 Å². The average Bonchev–Trinajstić information content (AvgIpc) is 3.26. The highest BCUT2D eigenvalue weighted by molar-refractivity contribution is 7.99. The number of urea groups is 1. The van der Waals surface area contributed by atoms with Crippen LogP contribution in [0.4, 0.5) is 4.79 Å². The highest BCUT2D eigenvalue weighted by atomic mass is 32.2. The first kappa shape index (κ1) is 24.4. The number of amides is 3. The average molecular weight is 480 g/mol. The number of carbonyl (C=O) groups excluding carboxylic acids is 2. The Morgan fingerprint density at radius 1 is 1.22 bits per heavy atom. The number of nitriles is 1. The van der Waals surface area contributed by atoms with Crippen molar-refractivity contribution in [3.05, 3.63) is 29.8 Å². The third-order valence-corrected chi connectivity index (χ3v) is 8.13. The molecule has 0 bridgehead atoms. The van der Waals surface area contributed by atoms with Crippen molar-refractivity contribution in [3.63, 3.8) is 0 Å². The Morgan fingerprint density at radius 2 is 1.91 bits per heavy atom. The molecule has 1 heterocycles.